The normalized spacial score (nSPS) is 11.5. The van der Waals surface area contributed by atoms with Gasteiger partial charge >= 0.3 is 5.97 Å². The molecule has 8 heteroatoms. The van der Waals surface area contributed by atoms with Crippen LogP contribution < -0.4 is 4.72 Å². The van der Waals surface area contributed by atoms with Gasteiger partial charge in [-0.2, -0.15) is 0 Å². The Morgan fingerprint density at radius 1 is 1.33 bits per heavy atom. The van der Waals surface area contributed by atoms with E-state index in [2.05, 4.69) is 4.72 Å². The van der Waals surface area contributed by atoms with Gasteiger partial charge in [0.05, 0.1) is 21.7 Å². The Hall–Kier alpha value is -1.83. The molecule has 0 fully saturated rings. The second kappa shape index (κ2) is 6.30. The number of carboxylic acids is 1. The first kappa shape index (κ1) is 15.6. The molecule has 0 radical (unpaired) electrons. The highest BCUT2D eigenvalue weighted by molar-refractivity contribution is 7.89. The highest BCUT2D eigenvalue weighted by atomic mass is 35.5. The molecule has 0 amide bonds. The first-order chi connectivity index (χ1) is 9.90. The van der Waals surface area contributed by atoms with E-state index >= 15 is 0 Å². The predicted molar refractivity (Wildman–Crippen MR) is 76.0 cm³/mol. The average Bonchev–Trinajstić information content (AvgIpc) is 2.91. The Balaban J connectivity index is 2.12. The van der Waals surface area contributed by atoms with Crippen LogP contribution in [0, 0.1) is 0 Å². The Morgan fingerprint density at radius 3 is 2.71 bits per heavy atom. The largest absolute Gasteiger partial charge is 0.478 e. The number of furan rings is 1. The highest BCUT2D eigenvalue weighted by Gasteiger charge is 2.18. The van der Waals surface area contributed by atoms with E-state index in [-0.39, 0.29) is 22.0 Å². The van der Waals surface area contributed by atoms with Gasteiger partial charge in [-0.05, 0) is 30.3 Å². The molecule has 0 unspecified atom stereocenters. The zero-order valence-corrected chi connectivity index (χ0v) is 12.3. The van der Waals surface area contributed by atoms with Gasteiger partial charge in [-0.25, -0.2) is 17.9 Å². The molecular weight excluding hydrogens is 318 g/mol. The van der Waals surface area contributed by atoms with E-state index in [1.807, 2.05) is 0 Å². The molecule has 21 heavy (non-hydrogen) atoms. The van der Waals surface area contributed by atoms with E-state index in [1.54, 1.807) is 12.1 Å². The quantitative estimate of drug-likeness (QED) is 0.846. The van der Waals surface area contributed by atoms with Gasteiger partial charge in [0.15, 0.2) is 0 Å². The molecule has 1 aromatic carbocycles. The van der Waals surface area contributed by atoms with Crippen LogP contribution in [0.5, 0.6) is 0 Å². The van der Waals surface area contributed by atoms with Crippen LogP contribution in [0.25, 0.3) is 0 Å². The molecule has 0 saturated carbocycles. The summed E-state index contributed by atoms with van der Waals surface area (Å²) in [6.07, 6.45) is 1.90. The Labute approximate surface area is 126 Å². The van der Waals surface area contributed by atoms with Gasteiger partial charge in [0, 0.05) is 13.0 Å². The van der Waals surface area contributed by atoms with E-state index in [9.17, 15) is 13.2 Å². The van der Waals surface area contributed by atoms with Gasteiger partial charge in [-0.3, -0.25) is 0 Å². The second-order valence-electron chi connectivity index (χ2n) is 4.17. The number of hydrogen-bond donors (Lipinski definition) is 2. The van der Waals surface area contributed by atoms with Gasteiger partial charge < -0.3 is 9.52 Å². The van der Waals surface area contributed by atoms with Crippen LogP contribution in [-0.2, 0) is 16.4 Å². The van der Waals surface area contributed by atoms with Crippen LogP contribution in [0.3, 0.4) is 0 Å². The lowest BCUT2D eigenvalue weighted by molar-refractivity contribution is 0.0697. The lowest BCUT2D eigenvalue weighted by Gasteiger charge is -2.07. The van der Waals surface area contributed by atoms with Crippen LogP contribution in [0.1, 0.15) is 16.1 Å². The van der Waals surface area contributed by atoms with Crippen LogP contribution in [0.2, 0.25) is 5.02 Å². The molecular formula is C13H12ClNO5S. The Kier molecular flexibility index (Phi) is 4.66. The van der Waals surface area contributed by atoms with E-state index in [4.69, 9.17) is 21.1 Å². The fraction of sp³-hybridized carbons (Fsp3) is 0.154. The molecule has 112 valence electrons. The fourth-order valence-electron chi connectivity index (χ4n) is 1.68. The van der Waals surface area contributed by atoms with Crippen molar-refractivity contribution in [1.29, 1.82) is 0 Å². The van der Waals surface area contributed by atoms with Crippen molar-refractivity contribution in [1.82, 2.24) is 4.72 Å². The number of carbonyl (C=O) groups is 1. The maximum absolute atomic E-state index is 12.1. The first-order valence-electron chi connectivity index (χ1n) is 5.95. The van der Waals surface area contributed by atoms with Crippen molar-refractivity contribution in [2.24, 2.45) is 0 Å². The summed E-state index contributed by atoms with van der Waals surface area (Å²) in [4.78, 5) is 10.8. The summed E-state index contributed by atoms with van der Waals surface area (Å²) in [6.45, 7) is 0.140. The summed E-state index contributed by atoms with van der Waals surface area (Å²) in [5.41, 5.74) is -0.259. The molecule has 0 aliphatic carbocycles. The Bertz CT molecular complexity index is 740. The lowest BCUT2D eigenvalue weighted by Crippen LogP contribution is -2.26. The van der Waals surface area contributed by atoms with Crippen molar-refractivity contribution in [3.8, 4) is 0 Å². The van der Waals surface area contributed by atoms with Gasteiger partial charge in [-0.15, -0.1) is 0 Å². The minimum Gasteiger partial charge on any atom is -0.478 e. The lowest BCUT2D eigenvalue weighted by atomic mass is 10.2. The number of aromatic carboxylic acids is 1. The molecule has 0 atom stereocenters. The average molecular weight is 330 g/mol. The molecule has 0 saturated heterocycles. The zero-order chi connectivity index (χ0) is 15.5. The molecule has 0 spiro atoms. The molecule has 0 bridgehead atoms. The maximum Gasteiger partial charge on any atom is 0.337 e. The SMILES string of the molecule is O=C(O)c1cc(S(=O)(=O)NCCc2ccco2)ccc1Cl. The van der Waals surface area contributed by atoms with Crippen molar-refractivity contribution < 1.29 is 22.7 Å². The van der Waals surface area contributed by atoms with Gasteiger partial charge in [0.1, 0.15) is 5.76 Å². The van der Waals surface area contributed by atoms with Gasteiger partial charge in [-0.1, -0.05) is 11.6 Å². The number of hydrogen-bond acceptors (Lipinski definition) is 4. The minimum atomic E-state index is -3.80. The van der Waals surface area contributed by atoms with Crippen molar-refractivity contribution in [2.75, 3.05) is 6.54 Å². The molecule has 2 N–H and O–H groups in total. The van der Waals surface area contributed by atoms with Crippen LogP contribution in [0.15, 0.2) is 45.9 Å². The molecule has 0 aliphatic heterocycles. The molecule has 1 heterocycles. The second-order valence-corrected chi connectivity index (χ2v) is 6.35. The maximum atomic E-state index is 12.1. The number of benzene rings is 1. The van der Waals surface area contributed by atoms with Crippen molar-refractivity contribution in [2.45, 2.75) is 11.3 Å². The Morgan fingerprint density at radius 2 is 2.10 bits per heavy atom. The minimum absolute atomic E-state index is 0.0166. The van der Waals surface area contributed by atoms with E-state index < -0.39 is 16.0 Å². The van der Waals surface area contributed by atoms with E-state index in [1.165, 1.54) is 18.4 Å². The smallest absolute Gasteiger partial charge is 0.337 e. The highest BCUT2D eigenvalue weighted by Crippen LogP contribution is 2.20. The predicted octanol–water partition coefficient (Wildman–Crippen LogP) is 2.15. The summed E-state index contributed by atoms with van der Waals surface area (Å²) in [5.74, 6) is -0.632. The third-order valence-electron chi connectivity index (χ3n) is 2.72. The van der Waals surface area contributed by atoms with Crippen molar-refractivity contribution >= 4 is 27.6 Å². The third kappa shape index (κ3) is 3.84. The van der Waals surface area contributed by atoms with Gasteiger partial charge in [0.25, 0.3) is 0 Å². The van der Waals surface area contributed by atoms with Crippen LogP contribution in [0.4, 0.5) is 0 Å². The van der Waals surface area contributed by atoms with Crippen LogP contribution in [-0.4, -0.2) is 26.0 Å². The summed E-state index contributed by atoms with van der Waals surface area (Å²) >= 11 is 5.70. The summed E-state index contributed by atoms with van der Waals surface area (Å²) in [6, 6.07) is 6.97. The number of halogens is 1. The summed E-state index contributed by atoms with van der Waals surface area (Å²) in [7, 11) is -3.80. The standard InChI is InChI=1S/C13H12ClNO5S/c14-12-4-3-10(8-11(12)13(16)17)21(18,19)15-6-5-9-2-1-7-20-9/h1-4,7-8,15H,5-6H2,(H,16,17). The molecule has 0 aliphatic rings. The molecule has 1 aromatic heterocycles. The number of sulfonamides is 1. The number of carboxylic acid groups (broad SMARTS) is 1. The topological polar surface area (TPSA) is 96.6 Å². The summed E-state index contributed by atoms with van der Waals surface area (Å²) < 4.78 is 31.6. The molecule has 6 nitrogen and oxygen atoms in total. The van der Waals surface area contributed by atoms with Gasteiger partial charge in [0.2, 0.25) is 10.0 Å². The first-order valence-corrected chi connectivity index (χ1v) is 7.81. The van der Waals surface area contributed by atoms with E-state index in [0.29, 0.717) is 12.2 Å². The van der Waals surface area contributed by atoms with Crippen molar-refractivity contribution in [3.63, 3.8) is 0 Å². The monoisotopic (exact) mass is 329 g/mol. The molecule has 2 aromatic rings. The zero-order valence-electron chi connectivity index (χ0n) is 10.7. The fourth-order valence-corrected chi connectivity index (χ4v) is 2.94. The third-order valence-corrected chi connectivity index (χ3v) is 4.51. The van der Waals surface area contributed by atoms with Crippen LogP contribution >= 0.6 is 11.6 Å². The number of nitrogens with one attached hydrogen (secondary N) is 1. The summed E-state index contributed by atoms with van der Waals surface area (Å²) in [5, 5.41) is 8.93. The number of rotatable bonds is 6. The van der Waals surface area contributed by atoms with E-state index in [0.717, 1.165) is 6.07 Å². The molecule has 2 rings (SSSR count). The van der Waals surface area contributed by atoms with Crippen molar-refractivity contribution in [3.05, 3.63) is 52.9 Å².